The van der Waals surface area contributed by atoms with Gasteiger partial charge in [0.2, 0.25) is 5.91 Å². The molecule has 0 spiro atoms. The van der Waals surface area contributed by atoms with E-state index in [0.717, 1.165) is 29.8 Å². The van der Waals surface area contributed by atoms with Crippen molar-refractivity contribution in [3.05, 3.63) is 55.5 Å². The third kappa shape index (κ3) is 3.74. The molecule has 0 N–H and O–H groups in total. The Morgan fingerprint density at radius 2 is 1.96 bits per heavy atom. The van der Waals surface area contributed by atoms with Crippen LogP contribution in [0.25, 0.3) is 11.3 Å². The summed E-state index contributed by atoms with van der Waals surface area (Å²) in [6, 6.07) is 9.78. The largest absolute Gasteiger partial charge is 0.490 e. The standard InChI is InChI=1S/C18H19N3O2/c1-2-18(22)21-11-8-16(9-12-21)23-15-5-3-14(4-6-15)17-7-10-19-13-20-17/h2-7,10,13,16H,1,8-9,11-12H2. The van der Waals surface area contributed by atoms with Crippen LogP contribution in [0.15, 0.2) is 55.5 Å². The Kier molecular flexibility index (Phi) is 4.66. The van der Waals surface area contributed by atoms with Crippen LogP contribution in [0.5, 0.6) is 5.75 Å². The zero-order valence-corrected chi connectivity index (χ0v) is 12.9. The number of hydrogen-bond acceptors (Lipinski definition) is 4. The fourth-order valence-electron chi connectivity index (χ4n) is 2.68. The number of nitrogens with zero attached hydrogens (tertiary/aromatic N) is 3. The van der Waals surface area contributed by atoms with Gasteiger partial charge in [-0.1, -0.05) is 6.58 Å². The average Bonchev–Trinajstić information content (AvgIpc) is 2.63. The Morgan fingerprint density at radius 3 is 2.57 bits per heavy atom. The van der Waals surface area contributed by atoms with Gasteiger partial charge in [-0.2, -0.15) is 0 Å². The van der Waals surface area contributed by atoms with Gasteiger partial charge in [-0.25, -0.2) is 9.97 Å². The number of likely N-dealkylation sites (tertiary alicyclic amines) is 1. The molecule has 1 fully saturated rings. The zero-order valence-electron chi connectivity index (χ0n) is 12.9. The molecule has 0 unspecified atom stereocenters. The second-order valence-corrected chi connectivity index (χ2v) is 5.47. The fourth-order valence-corrected chi connectivity index (χ4v) is 2.68. The number of aromatic nitrogens is 2. The molecule has 1 aromatic heterocycles. The van der Waals surface area contributed by atoms with Crippen molar-refractivity contribution in [1.82, 2.24) is 14.9 Å². The van der Waals surface area contributed by atoms with Crippen LogP contribution in [-0.4, -0.2) is 40.0 Å². The highest BCUT2D eigenvalue weighted by Crippen LogP contribution is 2.23. The van der Waals surface area contributed by atoms with Gasteiger partial charge in [-0.05, 0) is 36.4 Å². The molecule has 2 aromatic rings. The van der Waals surface area contributed by atoms with E-state index in [9.17, 15) is 4.79 Å². The zero-order chi connectivity index (χ0) is 16.1. The van der Waals surface area contributed by atoms with Gasteiger partial charge in [-0.15, -0.1) is 0 Å². The van der Waals surface area contributed by atoms with E-state index < -0.39 is 0 Å². The molecule has 0 radical (unpaired) electrons. The molecule has 23 heavy (non-hydrogen) atoms. The quantitative estimate of drug-likeness (QED) is 0.815. The molecule has 5 heteroatoms. The fraction of sp³-hybridized carbons (Fsp3) is 0.278. The van der Waals surface area contributed by atoms with Crippen LogP contribution in [0.1, 0.15) is 12.8 Å². The van der Waals surface area contributed by atoms with Crippen molar-refractivity contribution in [2.45, 2.75) is 18.9 Å². The summed E-state index contributed by atoms with van der Waals surface area (Å²) < 4.78 is 6.01. The summed E-state index contributed by atoms with van der Waals surface area (Å²) >= 11 is 0. The number of carbonyl (C=O) groups is 1. The third-order valence-electron chi connectivity index (χ3n) is 3.96. The molecule has 1 aliphatic heterocycles. The molecular formula is C18H19N3O2. The lowest BCUT2D eigenvalue weighted by Crippen LogP contribution is -2.41. The smallest absolute Gasteiger partial charge is 0.245 e. The van der Waals surface area contributed by atoms with Crippen molar-refractivity contribution in [2.75, 3.05) is 13.1 Å². The summed E-state index contributed by atoms with van der Waals surface area (Å²) in [5.74, 6) is 0.842. The Labute approximate surface area is 135 Å². The second-order valence-electron chi connectivity index (χ2n) is 5.47. The Morgan fingerprint density at radius 1 is 1.22 bits per heavy atom. The minimum Gasteiger partial charge on any atom is -0.490 e. The number of ether oxygens (including phenoxy) is 1. The Hall–Kier alpha value is -2.69. The number of hydrogen-bond donors (Lipinski definition) is 0. The highest BCUT2D eigenvalue weighted by Gasteiger charge is 2.22. The van der Waals surface area contributed by atoms with Gasteiger partial charge < -0.3 is 9.64 Å². The summed E-state index contributed by atoms with van der Waals surface area (Å²) in [4.78, 5) is 21.5. The highest BCUT2D eigenvalue weighted by atomic mass is 16.5. The number of piperidine rings is 1. The number of amides is 1. The molecule has 1 aliphatic rings. The van der Waals surface area contributed by atoms with E-state index in [1.165, 1.54) is 12.4 Å². The first-order valence-electron chi connectivity index (χ1n) is 7.71. The van der Waals surface area contributed by atoms with Crippen LogP contribution >= 0.6 is 0 Å². The van der Waals surface area contributed by atoms with Crippen molar-refractivity contribution < 1.29 is 9.53 Å². The summed E-state index contributed by atoms with van der Waals surface area (Å²) in [5, 5.41) is 0. The van der Waals surface area contributed by atoms with E-state index >= 15 is 0 Å². The van der Waals surface area contributed by atoms with Gasteiger partial charge in [-0.3, -0.25) is 4.79 Å². The van der Waals surface area contributed by atoms with E-state index in [4.69, 9.17) is 4.74 Å². The van der Waals surface area contributed by atoms with E-state index in [0.29, 0.717) is 13.1 Å². The lowest BCUT2D eigenvalue weighted by molar-refractivity contribution is -0.127. The van der Waals surface area contributed by atoms with E-state index in [-0.39, 0.29) is 12.0 Å². The van der Waals surface area contributed by atoms with Gasteiger partial charge in [0.25, 0.3) is 0 Å². The normalized spacial score (nSPS) is 15.2. The molecular weight excluding hydrogens is 290 g/mol. The first-order chi connectivity index (χ1) is 11.3. The predicted octanol–water partition coefficient (Wildman–Crippen LogP) is 2.70. The summed E-state index contributed by atoms with van der Waals surface area (Å²) in [6.07, 6.45) is 6.46. The minimum absolute atomic E-state index is 0.00217. The monoisotopic (exact) mass is 309 g/mol. The molecule has 0 saturated carbocycles. The van der Waals surface area contributed by atoms with Crippen LogP contribution in [0.4, 0.5) is 0 Å². The lowest BCUT2D eigenvalue weighted by Gasteiger charge is -2.31. The van der Waals surface area contributed by atoms with Gasteiger partial charge in [0.15, 0.2) is 0 Å². The molecule has 0 bridgehead atoms. The SMILES string of the molecule is C=CC(=O)N1CCC(Oc2ccc(-c3ccncn3)cc2)CC1. The molecule has 1 amide bonds. The lowest BCUT2D eigenvalue weighted by atomic mass is 10.1. The summed E-state index contributed by atoms with van der Waals surface area (Å²) in [7, 11) is 0. The van der Waals surface area contributed by atoms with Crippen molar-refractivity contribution in [3.8, 4) is 17.0 Å². The van der Waals surface area contributed by atoms with Crippen LogP contribution in [0.3, 0.4) is 0 Å². The molecule has 1 aromatic carbocycles. The maximum absolute atomic E-state index is 11.6. The van der Waals surface area contributed by atoms with E-state index in [2.05, 4.69) is 16.5 Å². The third-order valence-corrected chi connectivity index (χ3v) is 3.96. The molecule has 0 aliphatic carbocycles. The average molecular weight is 309 g/mol. The molecule has 1 saturated heterocycles. The van der Waals surface area contributed by atoms with Gasteiger partial charge in [0, 0.05) is 37.7 Å². The van der Waals surface area contributed by atoms with Crippen LogP contribution in [0.2, 0.25) is 0 Å². The van der Waals surface area contributed by atoms with Gasteiger partial charge >= 0.3 is 0 Å². The van der Waals surface area contributed by atoms with Crippen LogP contribution < -0.4 is 4.74 Å². The first-order valence-corrected chi connectivity index (χ1v) is 7.71. The maximum atomic E-state index is 11.6. The molecule has 3 rings (SSSR count). The predicted molar refractivity (Wildman–Crippen MR) is 87.9 cm³/mol. The number of benzene rings is 1. The highest BCUT2D eigenvalue weighted by molar-refractivity contribution is 5.87. The van der Waals surface area contributed by atoms with Crippen LogP contribution in [-0.2, 0) is 4.79 Å². The van der Waals surface area contributed by atoms with Crippen LogP contribution in [0, 0.1) is 0 Å². The minimum atomic E-state index is -0.00217. The summed E-state index contributed by atoms with van der Waals surface area (Å²) in [6.45, 7) is 4.96. The summed E-state index contributed by atoms with van der Waals surface area (Å²) in [5.41, 5.74) is 1.92. The van der Waals surface area contributed by atoms with Gasteiger partial charge in [0.1, 0.15) is 18.2 Å². The first kappa shape index (κ1) is 15.2. The molecule has 5 nitrogen and oxygen atoms in total. The number of rotatable bonds is 4. The molecule has 118 valence electrons. The van der Waals surface area contributed by atoms with E-state index in [1.54, 1.807) is 6.20 Å². The van der Waals surface area contributed by atoms with Crippen molar-refractivity contribution in [2.24, 2.45) is 0 Å². The van der Waals surface area contributed by atoms with Gasteiger partial charge in [0.05, 0.1) is 5.69 Å². The van der Waals surface area contributed by atoms with Crippen molar-refractivity contribution in [1.29, 1.82) is 0 Å². The maximum Gasteiger partial charge on any atom is 0.245 e. The van der Waals surface area contributed by atoms with Crippen molar-refractivity contribution >= 4 is 5.91 Å². The Balaban J connectivity index is 1.57. The van der Waals surface area contributed by atoms with Crippen molar-refractivity contribution in [3.63, 3.8) is 0 Å². The second kappa shape index (κ2) is 7.05. The van der Waals surface area contributed by atoms with E-state index in [1.807, 2.05) is 35.2 Å². The Bertz CT molecular complexity index is 662. The number of carbonyl (C=O) groups excluding carboxylic acids is 1. The molecule has 0 atom stereocenters. The molecule has 2 heterocycles. The topological polar surface area (TPSA) is 55.3 Å².